The molecule has 1 aromatic carbocycles. The molecule has 1 rings (SSSR count). The van der Waals surface area contributed by atoms with Crippen LogP contribution in [-0.4, -0.2) is 48.8 Å². The Morgan fingerprint density at radius 2 is 2.10 bits per heavy atom. The lowest BCUT2D eigenvalue weighted by Gasteiger charge is -2.25. The second kappa shape index (κ2) is 6.72. The number of likely N-dealkylation sites (N-methyl/N-ethyl adjacent to an activating group) is 1. The average Bonchev–Trinajstić information content (AvgIpc) is 2.26. The smallest absolute Gasteiger partial charge is 0.238 e. The highest BCUT2D eigenvalue weighted by molar-refractivity contribution is 5.93. The third-order valence-corrected chi connectivity index (χ3v) is 2.70. The number of rotatable bonds is 6. The van der Waals surface area contributed by atoms with E-state index in [4.69, 9.17) is 4.74 Å². The number of aliphatic hydroxyl groups is 1. The van der Waals surface area contributed by atoms with Crippen LogP contribution in [0.5, 0.6) is 5.75 Å². The number of hydrogen-bond acceptors (Lipinski definition) is 4. The summed E-state index contributed by atoms with van der Waals surface area (Å²) in [5.74, 6) is 0.495. The Morgan fingerprint density at radius 1 is 1.45 bits per heavy atom. The molecule has 0 fully saturated rings. The van der Waals surface area contributed by atoms with Crippen LogP contribution >= 0.6 is 0 Å². The van der Waals surface area contributed by atoms with Crippen LogP contribution < -0.4 is 10.1 Å². The van der Waals surface area contributed by atoms with Gasteiger partial charge in [-0.2, -0.15) is 0 Å². The first kappa shape index (κ1) is 16.5. The van der Waals surface area contributed by atoms with Crippen LogP contribution in [0, 0.1) is 6.92 Å². The van der Waals surface area contributed by atoms with E-state index in [9.17, 15) is 9.90 Å². The SMILES string of the molecule is COc1ccc(C)cc1NC(=O)CN(C)CC(C)(C)O. The van der Waals surface area contributed by atoms with Crippen molar-refractivity contribution in [3.63, 3.8) is 0 Å². The van der Waals surface area contributed by atoms with Crippen LogP contribution in [0.25, 0.3) is 0 Å². The van der Waals surface area contributed by atoms with Gasteiger partial charge in [0, 0.05) is 6.54 Å². The van der Waals surface area contributed by atoms with E-state index in [1.54, 1.807) is 32.9 Å². The van der Waals surface area contributed by atoms with Gasteiger partial charge in [-0.05, 0) is 45.5 Å². The number of ether oxygens (including phenoxy) is 1. The molecule has 0 saturated heterocycles. The van der Waals surface area contributed by atoms with Gasteiger partial charge in [-0.15, -0.1) is 0 Å². The van der Waals surface area contributed by atoms with Crippen molar-refractivity contribution in [1.82, 2.24) is 4.90 Å². The summed E-state index contributed by atoms with van der Waals surface area (Å²) in [6.07, 6.45) is 0. The first-order valence-electron chi connectivity index (χ1n) is 6.56. The van der Waals surface area contributed by atoms with E-state index in [0.29, 0.717) is 18.0 Å². The summed E-state index contributed by atoms with van der Waals surface area (Å²) < 4.78 is 5.22. The van der Waals surface area contributed by atoms with E-state index in [1.807, 2.05) is 25.1 Å². The Labute approximate surface area is 120 Å². The molecule has 5 nitrogen and oxygen atoms in total. The molecule has 0 aliphatic carbocycles. The highest BCUT2D eigenvalue weighted by Gasteiger charge is 2.17. The molecule has 0 unspecified atom stereocenters. The zero-order chi connectivity index (χ0) is 15.3. The predicted octanol–water partition coefficient (Wildman–Crippen LogP) is 1.64. The van der Waals surface area contributed by atoms with Crippen molar-refractivity contribution >= 4 is 11.6 Å². The zero-order valence-electron chi connectivity index (χ0n) is 12.9. The first-order valence-corrected chi connectivity index (χ1v) is 6.56. The fourth-order valence-corrected chi connectivity index (χ4v) is 2.07. The van der Waals surface area contributed by atoms with Gasteiger partial charge in [0.15, 0.2) is 0 Å². The van der Waals surface area contributed by atoms with Gasteiger partial charge in [0.1, 0.15) is 5.75 Å². The summed E-state index contributed by atoms with van der Waals surface area (Å²) >= 11 is 0. The molecule has 0 heterocycles. The summed E-state index contributed by atoms with van der Waals surface area (Å²) in [4.78, 5) is 13.8. The zero-order valence-corrected chi connectivity index (χ0v) is 12.9. The summed E-state index contributed by atoms with van der Waals surface area (Å²) in [6, 6.07) is 5.62. The van der Waals surface area contributed by atoms with Crippen LogP contribution in [0.15, 0.2) is 18.2 Å². The van der Waals surface area contributed by atoms with Crippen molar-refractivity contribution < 1.29 is 14.6 Å². The highest BCUT2D eigenvalue weighted by Crippen LogP contribution is 2.25. The molecule has 0 aliphatic heterocycles. The van der Waals surface area contributed by atoms with Crippen molar-refractivity contribution in [2.45, 2.75) is 26.4 Å². The molecule has 112 valence electrons. The number of nitrogens with zero attached hydrogens (tertiary/aromatic N) is 1. The van der Waals surface area contributed by atoms with Crippen molar-refractivity contribution in [2.24, 2.45) is 0 Å². The molecule has 0 aliphatic rings. The maximum atomic E-state index is 12.0. The molecule has 20 heavy (non-hydrogen) atoms. The standard InChI is InChI=1S/C15H24N2O3/c1-11-6-7-13(20-5)12(8-11)16-14(18)9-17(4)10-15(2,3)19/h6-8,19H,9-10H2,1-5H3,(H,16,18). The largest absolute Gasteiger partial charge is 0.495 e. The quantitative estimate of drug-likeness (QED) is 0.831. The van der Waals surface area contributed by atoms with Crippen molar-refractivity contribution in [3.05, 3.63) is 23.8 Å². The molecule has 0 radical (unpaired) electrons. The van der Waals surface area contributed by atoms with Crippen molar-refractivity contribution in [3.8, 4) is 5.75 Å². The lowest BCUT2D eigenvalue weighted by Crippen LogP contribution is -2.40. The van der Waals surface area contributed by atoms with Gasteiger partial charge < -0.3 is 15.2 Å². The monoisotopic (exact) mass is 280 g/mol. The molecule has 2 N–H and O–H groups in total. The molecule has 0 spiro atoms. The predicted molar refractivity (Wildman–Crippen MR) is 80.2 cm³/mol. The van der Waals surface area contributed by atoms with Gasteiger partial charge >= 0.3 is 0 Å². The number of anilines is 1. The topological polar surface area (TPSA) is 61.8 Å². The maximum absolute atomic E-state index is 12.0. The first-order chi connectivity index (χ1) is 9.21. The van der Waals surface area contributed by atoms with E-state index in [1.165, 1.54) is 0 Å². The van der Waals surface area contributed by atoms with Crippen LogP contribution in [0.3, 0.4) is 0 Å². The number of amides is 1. The molecule has 1 aromatic rings. The number of carbonyl (C=O) groups excluding carboxylic acids is 1. The highest BCUT2D eigenvalue weighted by atomic mass is 16.5. The minimum atomic E-state index is -0.823. The Balaban J connectivity index is 2.65. The molecule has 0 saturated carbocycles. The molecular weight excluding hydrogens is 256 g/mol. The van der Waals surface area contributed by atoms with Crippen molar-refractivity contribution in [1.29, 1.82) is 0 Å². The third-order valence-electron chi connectivity index (χ3n) is 2.70. The Bertz CT molecular complexity index is 467. The van der Waals surface area contributed by atoms with E-state index in [0.717, 1.165) is 5.56 Å². The second-order valence-electron chi connectivity index (χ2n) is 5.74. The number of nitrogens with one attached hydrogen (secondary N) is 1. The summed E-state index contributed by atoms with van der Waals surface area (Å²) in [5.41, 5.74) is 0.885. The lowest BCUT2D eigenvalue weighted by molar-refractivity contribution is -0.117. The molecule has 0 bridgehead atoms. The summed E-state index contributed by atoms with van der Waals surface area (Å²) in [7, 11) is 3.37. The number of benzene rings is 1. The number of methoxy groups -OCH3 is 1. The molecule has 0 aromatic heterocycles. The minimum Gasteiger partial charge on any atom is -0.495 e. The van der Waals surface area contributed by atoms with Gasteiger partial charge in [0.05, 0.1) is 24.9 Å². The van der Waals surface area contributed by atoms with Crippen LogP contribution in [0.4, 0.5) is 5.69 Å². The maximum Gasteiger partial charge on any atom is 0.238 e. The normalized spacial score (nSPS) is 11.6. The fraction of sp³-hybridized carbons (Fsp3) is 0.533. The van der Waals surface area contributed by atoms with Crippen LogP contribution in [0.1, 0.15) is 19.4 Å². The Kier molecular flexibility index (Phi) is 5.53. The minimum absolute atomic E-state index is 0.138. The summed E-state index contributed by atoms with van der Waals surface area (Å²) in [6.45, 7) is 6.01. The van der Waals surface area contributed by atoms with Gasteiger partial charge in [-0.3, -0.25) is 9.69 Å². The summed E-state index contributed by atoms with van der Waals surface area (Å²) in [5, 5.41) is 12.5. The molecule has 1 amide bonds. The Hall–Kier alpha value is -1.59. The van der Waals surface area contributed by atoms with Gasteiger partial charge in [-0.25, -0.2) is 0 Å². The van der Waals surface area contributed by atoms with Gasteiger partial charge in [0.25, 0.3) is 0 Å². The van der Waals surface area contributed by atoms with Crippen molar-refractivity contribution in [2.75, 3.05) is 32.6 Å². The molecule has 0 atom stereocenters. The number of carbonyl (C=O) groups is 1. The van der Waals surface area contributed by atoms with E-state index < -0.39 is 5.60 Å². The molecule has 5 heteroatoms. The molecular formula is C15H24N2O3. The van der Waals surface area contributed by atoms with E-state index in [-0.39, 0.29) is 12.5 Å². The lowest BCUT2D eigenvalue weighted by atomic mass is 10.1. The van der Waals surface area contributed by atoms with Gasteiger partial charge in [-0.1, -0.05) is 6.07 Å². The van der Waals surface area contributed by atoms with E-state index >= 15 is 0 Å². The average molecular weight is 280 g/mol. The number of hydrogen-bond donors (Lipinski definition) is 2. The van der Waals surface area contributed by atoms with E-state index in [2.05, 4.69) is 5.32 Å². The second-order valence-corrected chi connectivity index (χ2v) is 5.74. The fourth-order valence-electron chi connectivity index (χ4n) is 2.07. The van der Waals surface area contributed by atoms with Crippen LogP contribution in [-0.2, 0) is 4.79 Å². The van der Waals surface area contributed by atoms with Crippen LogP contribution in [0.2, 0.25) is 0 Å². The third kappa shape index (κ3) is 5.59. The Morgan fingerprint density at radius 3 is 2.65 bits per heavy atom. The van der Waals surface area contributed by atoms with Gasteiger partial charge in [0.2, 0.25) is 5.91 Å². The number of aryl methyl sites for hydroxylation is 1.